The Balaban J connectivity index is 4.50. The Labute approximate surface area is 104 Å². The Morgan fingerprint density at radius 2 is 1.68 bits per heavy atom. The summed E-state index contributed by atoms with van der Waals surface area (Å²) in [5, 5.41) is 9.27. The lowest BCUT2D eigenvalue weighted by atomic mass is 10.1. The number of alkyl halides is 4. The molecule has 0 fully saturated rings. The molecule has 0 unspecified atom stereocenters. The number of rotatable bonds is 7. The van der Waals surface area contributed by atoms with Gasteiger partial charge in [0, 0.05) is 6.54 Å². The number of carboxylic acids is 1. The molecule has 10 heteroatoms. The van der Waals surface area contributed by atoms with Crippen molar-refractivity contribution in [3.8, 4) is 0 Å². The van der Waals surface area contributed by atoms with Crippen molar-refractivity contribution in [3.63, 3.8) is 0 Å². The van der Waals surface area contributed by atoms with Gasteiger partial charge < -0.3 is 15.2 Å². The second kappa shape index (κ2) is 6.34. The van der Waals surface area contributed by atoms with Crippen LogP contribution in [0.2, 0.25) is 0 Å². The van der Waals surface area contributed by atoms with Crippen LogP contribution in [-0.2, 0) is 19.1 Å². The van der Waals surface area contributed by atoms with Crippen LogP contribution in [0.15, 0.2) is 0 Å². The van der Waals surface area contributed by atoms with Crippen molar-refractivity contribution in [1.82, 2.24) is 5.32 Å². The van der Waals surface area contributed by atoms with Crippen molar-refractivity contribution in [2.24, 2.45) is 0 Å². The molecular weight excluding hydrogens is 278 g/mol. The van der Waals surface area contributed by atoms with Crippen molar-refractivity contribution in [1.29, 1.82) is 0 Å². The first kappa shape index (κ1) is 17.1. The second-order valence-corrected chi connectivity index (χ2v) is 3.26. The maximum Gasteiger partial charge on any atom is 0.413 e. The van der Waals surface area contributed by atoms with E-state index in [1.54, 1.807) is 0 Å². The molecule has 0 aromatic rings. The summed E-state index contributed by atoms with van der Waals surface area (Å²) < 4.78 is 55.3. The maximum atomic E-state index is 12.9. The highest BCUT2D eigenvalue weighted by atomic mass is 19.3. The predicted octanol–water partition coefficient (Wildman–Crippen LogP) is 0.411. The van der Waals surface area contributed by atoms with Crippen LogP contribution in [0, 0.1) is 0 Å². The highest BCUT2D eigenvalue weighted by Gasteiger charge is 2.67. The van der Waals surface area contributed by atoms with Crippen LogP contribution in [0.3, 0.4) is 0 Å². The van der Waals surface area contributed by atoms with Gasteiger partial charge in [0.2, 0.25) is 0 Å². The highest BCUT2D eigenvalue weighted by molar-refractivity contribution is 5.92. The molecule has 0 atom stereocenters. The fourth-order valence-corrected chi connectivity index (χ4v) is 0.899. The smallest absolute Gasteiger partial charge is 0.413 e. The van der Waals surface area contributed by atoms with Gasteiger partial charge in [-0.15, -0.1) is 0 Å². The number of amides is 1. The molecule has 0 saturated carbocycles. The van der Waals surface area contributed by atoms with Crippen LogP contribution in [0.1, 0.15) is 13.3 Å². The molecule has 0 radical (unpaired) electrons. The number of hydrogen-bond acceptors (Lipinski definition) is 4. The molecule has 19 heavy (non-hydrogen) atoms. The second-order valence-electron chi connectivity index (χ2n) is 3.26. The summed E-state index contributed by atoms with van der Waals surface area (Å²) in [5.41, 5.74) is 0. The number of aliphatic carboxylic acids is 1. The first-order valence-corrected chi connectivity index (χ1v) is 5.00. The number of carbonyl (C=O) groups excluding carboxylic acids is 2. The number of esters is 1. The molecule has 0 aliphatic rings. The lowest BCUT2D eigenvalue weighted by Crippen LogP contribution is -2.56. The summed E-state index contributed by atoms with van der Waals surface area (Å²) in [5.74, 6) is -17.4. The third-order valence-electron chi connectivity index (χ3n) is 1.87. The average Bonchev–Trinajstić information content (AvgIpc) is 2.28. The van der Waals surface area contributed by atoms with Gasteiger partial charge >= 0.3 is 23.8 Å². The molecule has 0 spiro atoms. The molecule has 0 aromatic heterocycles. The lowest BCUT2D eigenvalue weighted by molar-refractivity contribution is -0.222. The minimum absolute atomic E-state index is 0.0278. The minimum atomic E-state index is -5.54. The zero-order valence-corrected chi connectivity index (χ0v) is 9.71. The van der Waals surface area contributed by atoms with Crippen molar-refractivity contribution < 1.29 is 41.8 Å². The lowest BCUT2D eigenvalue weighted by Gasteiger charge is -2.21. The van der Waals surface area contributed by atoms with E-state index in [1.165, 1.54) is 12.2 Å². The van der Waals surface area contributed by atoms with Crippen molar-refractivity contribution in [2.75, 3.05) is 13.2 Å². The Hall–Kier alpha value is -1.87. The van der Waals surface area contributed by atoms with Crippen molar-refractivity contribution in [2.45, 2.75) is 25.2 Å². The number of ether oxygens (including phenoxy) is 1. The predicted molar refractivity (Wildman–Crippen MR) is 51.8 cm³/mol. The van der Waals surface area contributed by atoms with Gasteiger partial charge in [-0.25, -0.2) is 4.79 Å². The van der Waals surface area contributed by atoms with E-state index in [1.807, 2.05) is 0 Å². The van der Waals surface area contributed by atoms with E-state index < -0.39 is 42.7 Å². The summed E-state index contributed by atoms with van der Waals surface area (Å²) in [6.07, 6.45) is -0.506. The van der Waals surface area contributed by atoms with Crippen molar-refractivity contribution >= 4 is 17.8 Å². The zero-order valence-electron chi connectivity index (χ0n) is 9.71. The summed E-state index contributed by atoms with van der Waals surface area (Å²) in [6.45, 7) is 0.834. The van der Waals surface area contributed by atoms with Crippen LogP contribution in [-0.4, -0.2) is 47.9 Å². The van der Waals surface area contributed by atoms with Gasteiger partial charge in [-0.1, -0.05) is 0 Å². The fourth-order valence-electron chi connectivity index (χ4n) is 0.899. The zero-order chi connectivity index (χ0) is 15.3. The third-order valence-corrected chi connectivity index (χ3v) is 1.87. The van der Waals surface area contributed by atoms with Gasteiger partial charge in [0.15, 0.2) is 0 Å². The third kappa shape index (κ3) is 4.07. The largest absolute Gasteiger partial charge is 0.477 e. The molecule has 0 aliphatic heterocycles. The van der Waals surface area contributed by atoms with E-state index in [4.69, 9.17) is 5.11 Å². The van der Waals surface area contributed by atoms with Gasteiger partial charge in [-0.2, -0.15) is 17.6 Å². The van der Waals surface area contributed by atoms with Gasteiger partial charge in [0.1, 0.15) is 0 Å². The standard InChI is InChI=1S/C9H11F4NO5/c1-2-19-5(15)3-4-14-6(16)8(10,11)9(12,13)7(17)18/h2-4H2,1H3,(H,14,16)(H,17,18). The topological polar surface area (TPSA) is 92.7 Å². The molecule has 2 N–H and O–H groups in total. The van der Waals surface area contributed by atoms with Gasteiger partial charge in [-0.3, -0.25) is 9.59 Å². The average molecular weight is 289 g/mol. The van der Waals surface area contributed by atoms with E-state index in [-0.39, 0.29) is 6.61 Å². The molecule has 0 heterocycles. The normalized spacial score (nSPS) is 11.8. The molecule has 0 aliphatic carbocycles. The van der Waals surface area contributed by atoms with E-state index >= 15 is 0 Å². The highest BCUT2D eigenvalue weighted by Crippen LogP contribution is 2.34. The van der Waals surface area contributed by atoms with Crippen LogP contribution in [0.4, 0.5) is 17.6 Å². The number of carboxylic acid groups (broad SMARTS) is 1. The Morgan fingerprint density at radius 1 is 1.16 bits per heavy atom. The maximum absolute atomic E-state index is 12.9. The Bertz CT molecular complexity index is 372. The van der Waals surface area contributed by atoms with Gasteiger partial charge in [0.25, 0.3) is 5.91 Å². The van der Waals surface area contributed by atoms with Crippen LogP contribution in [0.5, 0.6) is 0 Å². The summed E-state index contributed by atoms with van der Waals surface area (Å²) in [6, 6.07) is 0. The van der Waals surface area contributed by atoms with Crippen LogP contribution < -0.4 is 5.32 Å². The fraction of sp³-hybridized carbons (Fsp3) is 0.667. The number of carbonyl (C=O) groups is 3. The number of hydrogen-bond donors (Lipinski definition) is 2. The van der Waals surface area contributed by atoms with Gasteiger partial charge in [-0.05, 0) is 6.92 Å². The molecule has 6 nitrogen and oxygen atoms in total. The minimum Gasteiger partial charge on any atom is -0.477 e. The summed E-state index contributed by atoms with van der Waals surface area (Å²) in [7, 11) is 0. The van der Waals surface area contributed by atoms with Crippen LogP contribution in [0.25, 0.3) is 0 Å². The first-order chi connectivity index (χ1) is 8.57. The van der Waals surface area contributed by atoms with Crippen LogP contribution >= 0.6 is 0 Å². The van der Waals surface area contributed by atoms with E-state index in [0.717, 1.165) is 0 Å². The molecule has 110 valence electrons. The van der Waals surface area contributed by atoms with E-state index in [2.05, 4.69) is 4.74 Å². The molecule has 0 saturated heterocycles. The summed E-state index contributed by atoms with van der Waals surface area (Å²) >= 11 is 0. The van der Waals surface area contributed by atoms with Crippen molar-refractivity contribution in [3.05, 3.63) is 0 Å². The SMILES string of the molecule is CCOC(=O)CCNC(=O)C(F)(F)C(F)(F)C(=O)O. The first-order valence-electron chi connectivity index (χ1n) is 5.00. The monoisotopic (exact) mass is 289 g/mol. The summed E-state index contributed by atoms with van der Waals surface area (Å²) in [4.78, 5) is 31.5. The Kier molecular flexibility index (Phi) is 5.72. The number of halogens is 4. The molecular formula is C9H11F4NO5. The molecule has 0 bridgehead atoms. The molecule has 0 rings (SSSR count). The van der Waals surface area contributed by atoms with E-state index in [0.29, 0.717) is 0 Å². The quantitative estimate of drug-likeness (QED) is 0.523. The van der Waals surface area contributed by atoms with Gasteiger partial charge in [0.05, 0.1) is 13.0 Å². The molecule has 0 aromatic carbocycles. The Morgan fingerprint density at radius 3 is 2.11 bits per heavy atom. The number of nitrogens with one attached hydrogen (secondary N) is 1. The molecule has 1 amide bonds. The van der Waals surface area contributed by atoms with E-state index in [9.17, 15) is 31.9 Å².